The van der Waals surface area contributed by atoms with Gasteiger partial charge in [-0.25, -0.2) is 8.78 Å². The van der Waals surface area contributed by atoms with Crippen LogP contribution in [0.5, 0.6) is 11.5 Å². The van der Waals surface area contributed by atoms with E-state index in [0.29, 0.717) is 23.1 Å². The molecule has 8 heteroatoms. The van der Waals surface area contributed by atoms with Gasteiger partial charge < -0.3 is 9.47 Å². The zero-order chi connectivity index (χ0) is 27.8. The average molecular weight is 544 g/mol. The average Bonchev–Trinajstić information content (AvgIpc) is 2.91. The van der Waals surface area contributed by atoms with Gasteiger partial charge >= 0.3 is 6.36 Å². The highest BCUT2D eigenvalue weighted by molar-refractivity contribution is 5.84. The van der Waals surface area contributed by atoms with E-state index in [0.717, 1.165) is 66.6 Å². The number of aromatic nitrogens is 1. The molecule has 3 aromatic carbocycles. The molecule has 0 aliphatic rings. The lowest BCUT2D eigenvalue weighted by Crippen LogP contribution is -2.18. The van der Waals surface area contributed by atoms with Crippen LogP contribution >= 0.6 is 0 Å². The van der Waals surface area contributed by atoms with Crippen molar-refractivity contribution in [2.45, 2.75) is 58.2 Å². The van der Waals surface area contributed by atoms with E-state index >= 15 is 4.39 Å². The minimum absolute atomic E-state index is 0.263. The first-order valence-electron chi connectivity index (χ1n) is 13.0. The quantitative estimate of drug-likeness (QED) is 0.133. The lowest BCUT2D eigenvalue weighted by atomic mass is 9.98. The fourth-order valence-corrected chi connectivity index (χ4v) is 4.38. The lowest BCUT2D eigenvalue weighted by Gasteiger charge is -2.11. The van der Waals surface area contributed by atoms with Crippen LogP contribution in [0.1, 0.15) is 48.6 Å². The van der Waals surface area contributed by atoms with E-state index in [1.54, 1.807) is 18.3 Å². The van der Waals surface area contributed by atoms with E-state index in [-0.39, 0.29) is 18.7 Å². The predicted octanol–water partition coefficient (Wildman–Crippen LogP) is 8.55. The second-order valence-electron chi connectivity index (χ2n) is 9.45. The third kappa shape index (κ3) is 8.15. The molecule has 4 rings (SSSR count). The van der Waals surface area contributed by atoms with Crippen LogP contribution in [0, 0.1) is 11.6 Å². The first-order valence-corrected chi connectivity index (χ1v) is 13.0. The molecule has 4 aromatic rings. The van der Waals surface area contributed by atoms with Crippen molar-refractivity contribution in [3.05, 3.63) is 101 Å². The monoisotopic (exact) mass is 543 g/mol. The minimum atomic E-state index is -4.97. The van der Waals surface area contributed by atoms with E-state index < -0.39 is 17.9 Å². The smallest absolute Gasteiger partial charge is 0.492 e. The summed E-state index contributed by atoms with van der Waals surface area (Å²) in [4.78, 5) is 4.49. The molecule has 0 saturated carbocycles. The fourth-order valence-electron chi connectivity index (χ4n) is 4.38. The van der Waals surface area contributed by atoms with Gasteiger partial charge in [-0.3, -0.25) is 4.98 Å². The minimum Gasteiger partial charge on any atom is -0.492 e. The summed E-state index contributed by atoms with van der Waals surface area (Å²) >= 11 is 0. The molecule has 0 saturated heterocycles. The lowest BCUT2D eigenvalue weighted by molar-refractivity contribution is -0.275. The van der Waals surface area contributed by atoms with Crippen molar-refractivity contribution in [1.82, 2.24) is 4.98 Å². The third-order valence-electron chi connectivity index (χ3n) is 6.49. The van der Waals surface area contributed by atoms with Crippen molar-refractivity contribution >= 4 is 10.8 Å². The number of benzene rings is 3. The zero-order valence-electron chi connectivity index (χ0n) is 21.7. The second kappa shape index (κ2) is 12.9. The first kappa shape index (κ1) is 28.3. The molecule has 0 fully saturated rings. The molecule has 0 N–H and O–H groups in total. The molecule has 3 nitrogen and oxygen atoms in total. The topological polar surface area (TPSA) is 31.4 Å². The third-order valence-corrected chi connectivity index (χ3v) is 6.49. The Morgan fingerprint density at radius 2 is 1.56 bits per heavy atom. The maximum absolute atomic E-state index is 15.2. The second-order valence-corrected chi connectivity index (χ2v) is 9.45. The van der Waals surface area contributed by atoms with E-state index in [9.17, 15) is 17.6 Å². The number of halogens is 5. The number of hydrogen-bond acceptors (Lipinski definition) is 3. The van der Waals surface area contributed by atoms with Crippen molar-refractivity contribution in [3.8, 4) is 11.5 Å². The number of ether oxygens (including phenoxy) is 2. The van der Waals surface area contributed by atoms with Gasteiger partial charge in [-0.1, -0.05) is 56.2 Å². The highest BCUT2D eigenvalue weighted by Gasteiger charge is 2.32. The van der Waals surface area contributed by atoms with Crippen molar-refractivity contribution in [3.63, 3.8) is 0 Å². The molecule has 0 radical (unpaired) electrons. The van der Waals surface area contributed by atoms with Crippen LogP contribution in [-0.4, -0.2) is 18.0 Å². The maximum Gasteiger partial charge on any atom is 0.573 e. The molecule has 1 heterocycles. The Balaban J connectivity index is 1.34. The largest absolute Gasteiger partial charge is 0.573 e. The molecular weight excluding hydrogens is 513 g/mol. The predicted molar refractivity (Wildman–Crippen MR) is 141 cm³/mol. The van der Waals surface area contributed by atoms with Gasteiger partial charge in [0.15, 0.2) is 11.6 Å². The number of unbranched alkanes of at least 4 members (excludes halogenated alkanes) is 2. The Morgan fingerprint density at radius 1 is 0.795 bits per heavy atom. The van der Waals surface area contributed by atoms with E-state index in [1.165, 1.54) is 6.07 Å². The number of alkyl halides is 3. The van der Waals surface area contributed by atoms with Crippen LogP contribution in [0.15, 0.2) is 66.9 Å². The molecule has 39 heavy (non-hydrogen) atoms. The summed E-state index contributed by atoms with van der Waals surface area (Å²) in [5.41, 5.74) is 2.91. The van der Waals surface area contributed by atoms with Crippen molar-refractivity contribution in [1.29, 1.82) is 0 Å². The van der Waals surface area contributed by atoms with Gasteiger partial charge in [0.1, 0.15) is 11.6 Å². The molecule has 0 atom stereocenters. The van der Waals surface area contributed by atoms with Crippen LogP contribution in [0.25, 0.3) is 10.8 Å². The standard InChI is InChI=1S/C31H30F5NO2/c1-2-3-4-17-38-26-14-13-25(37-20-26)12-6-21-7-15-27-24(18-21)11-10-23(30(27)33)9-5-22-8-16-29(28(32)19-22)39-31(34,35)36/h7-8,10-11,13-16,18-20H,2-6,9,12,17H2,1H3. The zero-order valence-corrected chi connectivity index (χ0v) is 21.7. The van der Waals surface area contributed by atoms with Gasteiger partial charge in [0.25, 0.3) is 0 Å². The number of hydrogen-bond donors (Lipinski definition) is 0. The normalized spacial score (nSPS) is 11.6. The van der Waals surface area contributed by atoms with Gasteiger partial charge in [-0.2, -0.15) is 0 Å². The van der Waals surface area contributed by atoms with E-state index in [1.807, 2.05) is 30.3 Å². The Hall–Kier alpha value is -3.68. The Morgan fingerprint density at radius 3 is 2.28 bits per heavy atom. The van der Waals surface area contributed by atoms with Crippen LogP contribution in [0.3, 0.4) is 0 Å². The van der Waals surface area contributed by atoms with E-state index in [2.05, 4.69) is 16.6 Å². The number of pyridine rings is 1. The molecule has 0 bridgehead atoms. The highest BCUT2D eigenvalue weighted by atomic mass is 19.4. The number of nitrogens with zero attached hydrogens (tertiary/aromatic N) is 1. The van der Waals surface area contributed by atoms with Crippen molar-refractivity contribution in [2.24, 2.45) is 0 Å². The summed E-state index contributed by atoms with van der Waals surface area (Å²) in [7, 11) is 0. The van der Waals surface area contributed by atoms with Crippen molar-refractivity contribution in [2.75, 3.05) is 6.61 Å². The molecule has 0 aliphatic carbocycles. The maximum atomic E-state index is 15.2. The van der Waals surface area contributed by atoms with Gasteiger partial charge in [-0.15, -0.1) is 13.2 Å². The Labute approximate surface area is 224 Å². The van der Waals surface area contributed by atoms with Gasteiger partial charge in [0.05, 0.1) is 12.8 Å². The van der Waals surface area contributed by atoms with Gasteiger partial charge in [-0.05, 0) is 78.4 Å². The van der Waals surface area contributed by atoms with Gasteiger partial charge in [0.2, 0.25) is 0 Å². The van der Waals surface area contributed by atoms with Crippen LogP contribution < -0.4 is 9.47 Å². The summed E-state index contributed by atoms with van der Waals surface area (Å²) < 4.78 is 75.6. The van der Waals surface area contributed by atoms with Crippen LogP contribution in [0.4, 0.5) is 22.0 Å². The molecule has 206 valence electrons. The molecular formula is C31H30F5NO2. The molecule has 1 aromatic heterocycles. The summed E-state index contributed by atoms with van der Waals surface area (Å²) in [6, 6.07) is 16.3. The summed E-state index contributed by atoms with van der Waals surface area (Å²) in [5, 5.41) is 1.26. The van der Waals surface area contributed by atoms with Crippen LogP contribution in [-0.2, 0) is 25.7 Å². The SMILES string of the molecule is CCCCCOc1ccc(CCc2ccc3c(F)c(CCc4ccc(OC(F)(F)F)c(F)c4)ccc3c2)nc1. The molecule has 0 spiro atoms. The highest BCUT2D eigenvalue weighted by Crippen LogP contribution is 2.28. The first-order chi connectivity index (χ1) is 18.7. The summed E-state index contributed by atoms with van der Waals surface area (Å²) in [5.74, 6) is -1.59. The van der Waals surface area contributed by atoms with Gasteiger partial charge in [0, 0.05) is 11.1 Å². The molecule has 0 unspecified atom stereocenters. The summed E-state index contributed by atoms with van der Waals surface area (Å²) in [6.07, 6.45) is 2.13. The number of aryl methyl sites for hydroxylation is 4. The van der Waals surface area contributed by atoms with E-state index in [4.69, 9.17) is 4.74 Å². The van der Waals surface area contributed by atoms with Crippen molar-refractivity contribution < 1.29 is 31.4 Å². The number of rotatable bonds is 12. The van der Waals surface area contributed by atoms with Crippen LogP contribution in [0.2, 0.25) is 0 Å². The Bertz CT molecular complexity index is 1390. The fraction of sp³-hybridized carbons (Fsp3) is 0.323. The molecule has 0 aliphatic heterocycles. The molecule has 0 amide bonds. The Kier molecular flexibility index (Phi) is 9.38. The number of fused-ring (bicyclic) bond motifs is 1. The summed E-state index contributed by atoms with van der Waals surface area (Å²) in [6.45, 7) is 2.84.